The van der Waals surface area contributed by atoms with Crippen molar-refractivity contribution < 1.29 is 0 Å². The van der Waals surface area contributed by atoms with E-state index in [0.717, 1.165) is 43.1 Å². The van der Waals surface area contributed by atoms with Crippen LogP contribution in [0.5, 0.6) is 0 Å². The van der Waals surface area contributed by atoms with E-state index in [4.69, 9.17) is 4.98 Å². The van der Waals surface area contributed by atoms with Crippen LogP contribution < -0.4 is 0 Å². The van der Waals surface area contributed by atoms with Gasteiger partial charge in [0, 0.05) is 69.0 Å². The van der Waals surface area contributed by atoms with Gasteiger partial charge in [-0.25, -0.2) is 9.97 Å². The zero-order chi connectivity index (χ0) is 15.6. The molecule has 0 fully saturated rings. The van der Waals surface area contributed by atoms with Gasteiger partial charge >= 0.3 is 0 Å². The van der Waals surface area contributed by atoms with Crippen molar-refractivity contribution in [2.45, 2.75) is 19.5 Å². The van der Waals surface area contributed by atoms with Crippen molar-refractivity contribution >= 4 is 0 Å². The summed E-state index contributed by atoms with van der Waals surface area (Å²) in [5.41, 5.74) is 4.56. The Morgan fingerprint density at radius 1 is 1.17 bits per heavy atom. The molecule has 0 aliphatic carbocycles. The average Bonchev–Trinajstić information content (AvgIpc) is 3.00. The van der Waals surface area contributed by atoms with Gasteiger partial charge in [-0.3, -0.25) is 14.6 Å². The molecule has 4 rings (SSSR count). The first-order valence-corrected chi connectivity index (χ1v) is 7.74. The Labute approximate surface area is 134 Å². The third kappa shape index (κ3) is 2.85. The van der Waals surface area contributed by atoms with Crippen molar-refractivity contribution in [2.24, 2.45) is 7.05 Å². The van der Waals surface area contributed by atoms with Gasteiger partial charge < -0.3 is 0 Å². The zero-order valence-corrected chi connectivity index (χ0v) is 13.1. The van der Waals surface area contributed by atoms with E-state index in [1.54, 1.807) is 12.4 Å². The minimum Gasteiger partial charge on any atom is -0.293 e. The molecule has 0 radical (unpaired) electrons. The van der Waals surface area contributed by atoms with E-state index < -0.39 is 0 Å². The van der Waals surface area contributed by atoms with Crippen molar-refractivity contribution in [3.8, 4) is 11.4 Å². The minimum absolute atomic E-state index is 0.761. The monoisotopic (exact) mass is 306 g/mol. The molecule has 0 amide bonds. The first-order chi connectivity index (χ1) is 11.3. The maximum absolute atomic E-state index is 4.74. The summed E-state index contributed by atoms with van der Waals surface area (Å²) in [7, 11) is 1.98. The van der Waals surface area contributed by atoms with E-state index in [0.29, 0.717) is 0 Å². The van der Waals surface area contributed by atoms with Crippen LogP contribution in [0.4, 0.5) is 0 Å². The van der Waals surface area contributed by atoms with Crippen LogP contribution in [0.25, 0.3) is 11.4 Å². The summed E-state index contributed by atoms with van der Waals surface area (Å²) < 4.78 is 1.93. The van der Waals surface area contributed by atoms with Gasteiger partial charge in [0.1, 0.15) is 0 Å². The molecule has 23 heavy (non-hydrogen) atoms. The van der Waals surface area contributed by atoms with Crippen molar-refractivity contribution in [1.82, 2.24) is 29.6 Å². The molecule has 0 unspecified atom stereocenters. The van der Waals surface area contributed by atoms with Crippen LogP contribution in [-0.4, -0.2) is 36.2 Å². The molecule has 3 aromatic heterocycles. The lowest BCUT2D eigenvalue weighted by molar-refractivity contribution is 0.236. The fraction of sp³-hybridized carbons (Fsp3) is 0.294. The fourth-order valence-electron chi connectivity index (χ4n) is 2.93. The predicted octanol–water partition coefficient (Wildman–Crippen LogP) is 1.83. The van der Waals surface area contributed by atoms with E-state index >= 15 is 0 Å². The Kier molecular flexibility index (Phi) is 3.59. The van der Waals surface area contributed by atoms with Crippen LogP contribution in [-0.2, 0) is 26.6 Å². The molecule has 116 valence electrons. The van der Waals surface area contributed by atoms with Gasteiger partial charge in [0.2, 0.25) is 0 Å². The van der Waals surface area contributed by atoms with Crippen LogP contribution in [0.3, 0.4) is 0 Å². The number of fused-ring (bicyclic) bond motifs is 1. The number of rotatable bonds is 3. The van der Waals surface area contributed by atoms with Gasteiger partial charge in [-0.05, 0) is 18.2 Å². The maximum Gasteiger partial charge on any atom is 0.160 e. The number of aromatic nitrogens is 5. The standard InChI is InChI=1S/C17H18N6/c1-22-15(4-7-20-22)12-23-8-5-16-14(11-23)10-19-17(21-16)13-3-2-6-18-9-13/h2-4,6-7,9-10H,5,8,11-12H2,1H3. The van der Waals surface area contributed by atoms with Gasteiger partial charge in [-0.2, -0.15) is 5.10 Å². The van der Waals surface area contributed by atoms with Gasteiger partial charge in [-0.15, -0.1) is 0 Å². The molecule has 1 aliphatic heterocycles. The Morgan fingerprint density at radius 3 is 2.91 bits per heavy atom. The van der Waals surface area contributed by atoms with Gasteiger partial charge in [0.25, 0.3) is 0 Å². The van der Waals surface area contributed by atoms with Gasteiger partial charge in [-0.1, -0.05) is 0 Å². The minimum atomic E-state index is 0.761. The highest BCUT2D eigenvalue weighted by Gasteiger charge is 2.19. The van der Waals surface area contributed by atoms with E-state index in [2.05, 4.69) is 26.0 Å². The highest BCUT2D eigenvalue weighted by Crippen LogP contribution is 2.21. The largest absolute Gasteiger partial charge is 0.293 e. The van der Waals surface area contributed by atoms with Crippen LogP contribution in [0.2, 0.25) is 0 Å². The van der Waals surface area contributed by atoms with E-state index in [1.165, 1.54) is 11.3 Å². The summed E-state index contributed by atoms with van der Waals surface area (Å²) in [5.74, 6) is 0.761. The molecular formula is C17H18N6. The number of pyridine rings is 1. The van der Waals surface area contributed by atoms with Gasteiger partial charge in [0.05, 0.1) is 11.4 Å². The summed E-state index contributed by atoms with van der Waals surface area (Å²) >= 11 is 0. The highest BCUT2D eigenvalue weighted by atomic mass is 15.3. The van der Waals surface area contributed by atoms with Crippen molar-refractivity contribution in [3.63, 3.8) is 0 Å². The third-order valence-corrected chi connectivity index (χ3v) is 4.24. The molecule has 4 heterocycles. The lowest BCUT2D eigenvalue weighted by atomic mass is 10.1. The molecule has 3 aromatic rings. The van der Waals surface area contributed by atoms with Gasteiger partial charge in [0.15, 0.2) is 5.82 Å². The Morgan fingerprint density at radius 2 is 2.13 bits per heavy atom. The molecule has 0 spiro atoms. The van der Waals surface area contributed by atoms with Crippen LogP contribution in [0.1, 0.15) is 17.0 Å². The first kappa shape index (κ1) is 14.0. The van der Waals surface area contributed by atoms with Crippen LogP contribution >= 0.6 is 0 Å². The summed E-state index contributed by atoms with van der Waals surface area (Å²) in [5, 5.41) is 4.23. The maximum atomic E-state index is 4.74. The van der Waals surface area contributed by atoms with E-state index in [1.807, 2.05) is 36.3 Å². The summed E-state index contributed by atoms with van der Waals surface area (Å²) in [6.45, 7) is 2.79. The van der Waals surface area contributed by atoms with E-state index in [-0.39, 0.29) is 0 Å². The molecule has 6 heteroatoms. The molecule has 0 N–H and O–H groups in total. The normalized spacial score (nSPS) is 14.7. The second-order valence-electron chi connectivity index (χ2n) is 5.81. The smallest absolute Gasteiger partial charge is 0.160 e. The Hall–Kier alpha value is -2.60. The lowest BCUT2D eigenvalue weighted by Crippen LogP contribution is -2.31. The zero-order valence-electron chi connectivity index (χ0n) is 13.1. The number of nitrogens with zero attached hydrogens (tertiary/aromatic N) is 6. The molecule has 0 bridgehead atoms. The second-order valence-corrected chi connectivity index (χ2v) is 5.81. The molecular weight excluding hydrogens is 288 g/mol. The molecule has 1 aliphatic rings. The topological polar surface area (TPSA) is 59.7 Å². The quantitative estimate of drug-likeness (QED) is 0.739. The third-order valence-electron chi connectivity index (χ3n) is 4.24. The Bertz CT molecular complexity index is 811. The van der Waals surface area contributed by atoms with E-state index in [9.17, 15) is 0 Å². The van der Waals surface area contributed by atoms with Crippen molar-refractivity contribution in [2.75, 3.05) is 6.54 Å². The Balaban J connectivity index is 1.53. The van der Waals surface area contributed by atoms with Crippen molar-refractivity contribution in [1.29, 1.82) is 0 Å². The summed E-state index contributed by atoms with van der Waals surface area (Å²) in [6.07, 6.45) is 8.32. The number of aryl methyl sites for hydroxylation is 1. The first-order valence-electron chi connectivity index (χ1n) is 7.74. The lowest BCUT2D eigenvalue weighted by Gasteiger charge is -2.27. The molecule has 0 aromatic carbocycles. The van der Waals surface area contributed by atoms with Crippen LogP contribution in [0, 0.1) is 0 Å². The number of hydrogen-bond acceptors (Lipinski definition) is 5. The summed E-state index contributed by atoms with van der Waals surface area (Å²) in [4.78, 5) is 15.8. The highest BCUT2D eigenvalue weighted by molar-refractivity contribution is 5.53. The fourth-order valence-corrected chi connectivity index (χ4v) is 2.93. The molecule has 0 atom stereocenters. The van der Waals surface area contributed by atoms with Crippen LogP contribution in [0.15, 0.2) is 43.0 Å². The second kappa shape index (κ2) is 5.89. The SMILES string of the molecule is Cn1nccc1CN1CCc2nc(-c3cccnc3)ncc2C1. The summed E-state index contributed by atoms with van der Waals surface area (Å²) in [6, 6.07) is 5.97. The molecule has 0 saturated heterocycles. The molecule has 0 saturated carbocycles. The predicted molar refractivity (Wildman–Crippen MR) is 86.3 cm³/mol. The van der Waals surface area contributed by atoms with Crippen molar-refractivity contribution in [3.05, 3.63) is 59.9 Å². The number of hydrogen-bond donors (Lipinski definition) is 0. The average molecular weight is 306 g/mol. The molecule has 6 nitrogen and oxygen atoms in total.